The van der Waals surface area contributed by atoms with E-state index in [0.717, 1.165) is 15.6 Å². The summed E-state index contributed by atoms with van der Waals surface area (Å²) in [5.74, 6) is -1.18. The minimum absolute atomic E-state index is 0.0292. The maximum Gasteiger partial charge on any atom is 0.306 e. The highest BCUT2D eigenvalue weighted by Crippen LogP contribution is 2.33. The second-order valence-electron chi connectivity index (χ2n) is 5.87. The van der Waals surface area contributed by atoms with Crippen molar-refractivity contribution >= 4 is 34.6 Å². The van der Waals surface area contributed by atoms with Gasteiger partial charge in [-0.25, -0.2) is 4.98 Å². The molecule has 0 bridgehead atoms. The summed E-state index contributed by atoms with van der Waals surface area (Å²) in [4.78, 5) is 32.0. The Morgan fingerprint density at radius 2 is 2.22 bits per heavy atom. The van der Waals surface area contributed by atoms with Crippen molar-refractivity contribution in [3.63, 3.8) is 0 Å². The average molecular weight is 350 g/mol. The van der Waals surface area contributed by atoms with Gasteiger partial charge in [-0.05, 0) is 30.7 Å². The van der Waals surface area contributed by atoms with Gasteiger partial charge in [0.2, 0.25) is 0 Å². The van der Waals surface area contributed by atoms with Crippen LogP contribution in [0.4, 0.5) is 0 Å². The first-order valence-corrected chi connectivity index (χ1v) is 9.20. The summed E-state index contributed by atoms with van der Waals surface area (Å²) in [6.07, 6.45) is 0.512. The lowest BCUT2D eigenvalue weighted by Gasteiger charge is -2.34. The molecule has 1 aliphatic heterocycles. The fraction of sp³-hybridized carbons (Fsp3) is 0.438. The van der Waals surface area contributed by atoms with Crippen LogP contribution in [0.25, 0.3) is 9.88 Å². The summed E-state index contributed by atoms with van der Waals surface area (Å²) in [6.45, 7) is 4.73. The molecule has 1 N–H and O–H groups in total. The smallest absolute Gasteiger partial charge is 0.306 e. The van der Waals surface area contributed by atoms with E-state index in [0.29, 0.717) is 24.4 Å². The number of carbonyl (C=O) groups is 2. The largest absolute Gasteiger partial charge is 0.481 e. The van der Waals surface area contributed by atoms with Gasteiger partial charge < -0.3 is 10.0 Å². The van der Waals surface area contributed by atoms with Crippen LogP contribution < -0.4 is 0 Å². The van der Waals surface area contributed by atoms with Gasteiger partial charge in [0.05, 0.1) is 16.5 Å². The molecular weight excluding hydrogens is 332 g/mol. The van der Waals surface area contributed by atoms with E-state index in [1.165, 1.54) is 11.3 Å². The molecule has 3 heterocycles. The van der Waals surface area contributed by atoms with Gasteiger partial charge in [0.15, 0.2) is 0 Å². The monoisotopic (exact) mass is 350 g/mol. The molecule has 2 unspecified atom stereocenters. The van der Waals surface area contributed by atoms with Gasteiger partial charge in [-0.1, -0.05) is 13.0 Å². The second kappa shape index (κ2) is 6.41. The van der Waals surface area contributed by atoms with E-state index >= 15 is 0 Å². The van der Waals surface area contributed by atoms with Gasteiger partial charge >= 0.3 is 5.97 Å². The fourth-order valence-corrected chi connectivity index (χ4v) is 4.77. The summed E-state index contributed by atoms with van der Waals surface area (Å²) in [5, 5.41) is 12.1. The van der Waals surface area contributed by atoms with Crippen LogP contribution in [0.3, 0.4) is 0 Å². The third kappa shape index (κ3) is 3.16. The quantitative estimate of drug-likeness (QED) is 0.921. The maximum absolute atomic E-state index is 12.8. The normalized spacial score (nSPS) is 21.4. The molecule has 1 saturated heterocycles. The minimum atomic E-state index is -0.765. The second-order valence-corrected chi connectivity index (χ2v) is 7.82. The molecule has 3 rings (SSSR count). The number of hydrogen-bond donors (Lipinski definition) is 1. The van der Waals surface area contributed by atoms with E-state index in [4.69, 9.17) is 0 Å². The zero-order valence-electron chi connectivity index (χ0n) is 13.0. The van der Waals surface area contributed by atoms with Crippen molar-refractivity contribution in [2.24, 2.45) is 11.8 Å². The Kier molecular flexibility index (Phi) is 4.50. The number of aryl methyl sites for hydroxylation is 1. The molecule has 0 radical (unpaired) electrons. The molecule has 0 aliphatic carbocycles. The van der Waals surface area contributed by atoms with Gasteiger partial charge in [-0.3, -0.25) is 9.59 Å². The van der Waals surface area contributed by atoms with Crippen molar-refractivity contribution in [1.82, 2.24) is 9.88 Å². The highest BCUT2D eigenvalue weighted by Gasteiger charge is 2.34. The molecule has 122 valence electrons. The number of carboxylic acids is 1. The number of carboxylic acid groups (broad SMARTS) is 1. The summed E-state index contributed by atoms with van der Waals surface area (Å²) in [6, 6.07) is 3.97. The first-order valence-electron chi connectivity index (χ1n) is 7.50. The number of piperidine rings is 1. The van der Waals surface area contributed by atoms with Crippen LogP contribution in [0, 0.1) is 18.8 Å². The lowest BCUT2D eigenvalue weighted by Crippen LogP contribution is -2.44. The van der Waals surface area contributed by atoms with Crippen LogP contribution in [0.15, 0.2) is 17.5 Å². The van der Waals surface area contributed by atoms with Crippen molar-refractivity contribution in [2.45, 2.75) is 20.3 Å². The minimum Gasteiger partial charge on any atom is -0.481 e. The maximum atomic E-state index is 12.8. The highest BCUT2D eigenvalue weighted by atomic mass is 32.1. The molecule has 7 heteroatoms. The number of aromatic nitrogens is 1. The van der Waals surface area contributed by atoms with Crippen molar-refractivity contribution in [3.05, 3.63) is 28.1 Å². The Morgan fingerprint density at radius 3 is 2.83 bits per heavy atom. The molecule has 1 amide bonds. The zero-order valence-corrected chi connectivity index (χ0v) is 14.6. The Hall–Kier alpha value is -1.73. The number of carbonyl (C=O) groups excluding carboxylic acids is 1. The zero-order chi connectivity index (χ0) is 16.6. The first kappa shape index (κ1) is 16.1. The molecule has 2 atom stereocenters. The standard InChI is InChI=1S/C16H18N2O3S2/c1-9-8-18(6-5-11(9)16(20)21)15(19)13-10(2)17-14(23-13)12-4-3-7-22-12/h3-4,7,9,11H,5-6,8H2,1-2H3,(H,20,21). The molecule has 2 aromatic heterocycles. The van der Waals surface area contributed by atoms with E-state index < -0.39 is 5.97 Å². The van der Waals surface area contributed by atoms with E-state index in [1.54, 1.807) is 16.2 Å². The van der Waals surface area contributed by atoms with E-state index in [-0.39, 0.29) is 17.7 Å². The number of nitrogens with zero attached hydrogens (tertiary/aromatic N) is 2. The number of amides is 1. The van der Waals surface area contributed by atoms with Gasteiger partial charge in [-0.2, -0.15) is 0 Å². The predicted molar refractivity (Wildman–Crippen MR) is 91.0 cm³/mol. The fourth-order valence-electron chi connectivity index (χ4n) is 2.94. The topological polar surface area (TPSA) is 70.5 Å². The molecule has 2 aromatic rings. The molecule has 1 fully saturated rings. The van der Waals surface area contributed by atoms with E-state index in [2.05, 4.69) is 4.98 Å². The highest BCUT2D eigenvalue weighted by molar-refractivity contribution is 7.22. The molecule has 1 aliphatic rings. The lowest BCUT2D eigenvalue weighted by atomic mass is 9.87. The Balaban J connectivity index is 1.78. The number of thiophene rings is 1. The molecule has 23 heavy (non-hydrogen) atoms. The Morgan fingerprint density at radius 1 is 1.43 bits per heavy atom. The molecular formula is C16H18N2O3S2. The number of thiazole rings is 1. The predicted octanol–water partition coefficient (Wildman–Crippen LogP) is 3.36. The van der Waals surface area contributed by atoms with Crippen LogP contribution in [0.1, 0.15) is 28.7 Å². The summed E-state index contributed by atoms with van der Waals surface area (Å²) in [7, 11) is 0. The molecule has 0 spiro atoms. The van der Waals surface area contributed by atoms with Gasteiger partial charge in [0.1, 0.15) is 9.88 Å². The number of rotatable bonds is 3. The Labute approximate surface area is 142 Å². The van der Waals surface area contributed by atoms with Crippen LogP contribution in [0.5, 0.6) is 0 Å². The first-order chi connectivity index (χ1) is 11.0. The van der Waals surface area contributed by atoms with Crippen LogP contribution in [-0.2, 0) is 4.79 Å². The molecule has 0 aromatic carbocycles. The lowest BCUT2D eigenvalue weighted by molar-refractivity contribution is -0.145. The summed E-state index contributed by atoms with van der Waals surface area (Å²) >= 11 is 3.03. The summed E-state index contributed by atoms with van der Waals surface area (Å²) < 4.78 is 0. The number of hydrogen-bond acceptors (Lipinski definition) is 5. The summed E-state index contributed by atoms with van der Waals surface area (Å²) in [5.41, 5.74) is 0.747. The number of likely N-dealkylation sites (tertiary alicyclic amines) is 1. The van der Waals surface area contributed by atoms with Crippen molar-refractivity contribution in [3.8, 4) is 9.88 Å². The number of aliphatic carboxylic acids is 1. The van der Waals surface area contributed by atoms with Crippen LogP contribution >= 0.6 is 22.7 Å². The Bertz CT molecular complexity index is 724. The van der Waals surface area contributed by atoms with Crippen molar-refractivity contribution in [2.75, 3.05) is 13.1 Å². The third-order valence-electron chi connectivity index (χ3n) is 4.23. The van der Waals surface area contributed by atoms with E-state index in [9.17, 15) is 14.7 Å². The third-order valence-corrected chi connectivity index (χ3v) is 6.42. The van der Waals surface area contributed by atoms with Crippen molar-refractivity contribution < 1.29 is 14.7 Å². The molecule has 0 saturated carbocycles. The SMILES string of the molecule is Cc1nc(-c2cccs2)sc1C(=O)N1CCC(C(=O)O)C(C)C1. The van der Waals surface area contributed by atoms with Crippen LogP contribution in [-0.4, -0.2) is 40.0 Å². The van der Waals surface area contributed by atoms with Gasteiger partial charge in [-0.15, -0.1) is 22.7 Å². The van der Waals surface area contributed by atoms with Gasteiger partial charge in [0.25, 0.3) is 5.91 Å². The van der Waals surface area contributed by atoms with Crippen molar-refractivity contribution in [1.29, 1.82) is 0 Å². The molecule has 5 nitrogen and oxygen atoms in total. The average Bonchev–Trinajstić information content (AvgIpc) is 3.15. The van der Waals surface area contributed by atoms with Crippen LogP contribution in [0.2, 0.25) is 0 Å². The van der Waals surface area contributed by atoms with Gasteiger partial charge in [0, 0.05) is 13.1 Å². The van der Waals surface area contributed by atoms with E-state index in [1.807, 2.05) is 31.4 Å².